The van der Waals surface area contributed by atoms with Crippen molar-refractivity contribution in [2.75, 3.05) is 13.1 Å². The van der Waals surface area contributed by atoms with E-state index in [0.717, 1.165) is 0 Å². The zero-order chi connectivity index (χ0) is 11.1. The van der Waals surface area contributed by atoms with E-state index in [0.29, 0.717) is 18.8 Å². The van der Waals surface area contributed by atoms with Gasteiger partial charge in [-0.1, -0.05) is 32.0 Å². The summed E-state index contributed by atoms with van der Waals surface area (Å²) >= 11 is 0. The van der Waals surface area contributed by atoms with Gasteiger partial charge < -0.3 is 9.42 Å². The maximum Gasteiger partial charge on any atom is 0.412 e. The van der Waals surface area contributed by atoms with E-state index in [2.05, 4.69) is 0 Å². The number of rotatable bonds is 6. The molecule has 0 saturated carbocycles. The summed E-state index contributed by atoms with van der Waals surface area (Å²) < 4.78 is 10.4. The summed E-state index contributed by atoms with van der Waals surface area (Å²) in [5.74, 6) is 0.610. The number of hydrogen-bond acceptors (Lipinski definition) is 4. The third kappa shape index (κ3) is 4.58. The molecular formula is C10H16NO3P. The number of hydroxylamine groups is 2. The molecule has 1 aromatic carbocycles. The minimum atomic E-state index is -1.88. The highest BCUT2D eigenvalue weighted by Gasteiger charge is 2.13. The average molecular weight is 229 g/mol. The third-order valence-electron chi connectivity index (χ3n) is 1.82. The van der Waals surface area contributed by atoms with Crippen LogP contribution in [0.1, 0.15) is 13.8 Å². The first-order chi connectivity index (χ1) is 7.26. The fourth-order valence-corrected chi connectivity index (χ4v) is 1.79. The van der Waals surface area contributed by atoms with Gasteiger partial charge >= 0.3 is 8.60 Å². The first kappa shape index (κ1) is 12.4. The van der Waals surface area contributed by atoms with Gasteiger partial charge in [0.15, 0.2) is 0 Å². The predicted molar refractivity (Wildman–Crippen MR) is 60.2 cm³/mol. The van der Waals surface area contributed by atoms with Gasteiger partial charge in [0, 0.05) is 13.1 Å². The Kier molecular flexibility index (Phi) is 5.58. The molecular weight excluding hydrogens is 213 g/mol. The van der Waals surface area contributed by atoms with E-state index in [1.54, 1.807) is 17.2 Å². The fourth-order valence-electron chi connectivity index (χ4n) is 1.03. The lowest BCUT2D eigenvalue weighted by Gasteiger charge is -2.19. The van der Waals surface area contributed by atoms with Crippen LogP contribution in [0.5, 0.6) is 5.75 Å². The molecule has 1 rings (SSSR count). The molecule has 5 heteroatoms. The molecule has 0 aromatic heterocycles. The summed E-state index contributed by atoms with van der Waals surface area (Å²) in [6.45, 7) is 5.34. The van der Waals surface area contributed by atoms with Crippen molar-refractivity contribution in [2.45, 2.75) is 13.8 Å². The zero-order valence-electron chi connectivity index (χ0n) is 8.96. The van der Waals surface area contributed by atoms with Crippen molar-refractivity contribution in [3.8, 4) is 5.75 Å². The summed E-state index contributed by atoms with van der Waals surface area (Å²) in [6, 6.07) is 9.12. The van der Waals surface area contributed by atoms with E-state index >= 15 is 0 Å². The molecule has 0 aliphatic rings. The first-order valence-electron chi connectivity index (χ1n) is 4.91. The first-order valence-corrected chi connectivity index (χ1v) is 6.04. The molecule has 4 nitrogen and oxygen atoms in total. The molecule has 1 unspecified atom stereocenters. The Morgan fingerprint density at radius 2 is 1.80 bits per heavy atom. The van der Waals surface area contributed by atoms with Gasteiger partial charge in [-0.05, 0) is 12.1 Å². The lowest BCUT2D eigenvalue weighted by atomic mass is 10.3. The molecule has 0 saturated heterocycles. The van der Waals surface area contributed by atoms with Gasteiger partial charge in [0.1, 0.15) is 5.75 Å². The summed E-state index contributed by atoms with van der Waals surface area (Å²) in [4.78, 5) is 9.51. The van der Waals surface area contributed by atoms with Crippen molar-refractivity contribution in [1.82, 2.24) is 5.06 Å². The molecule has 0 radical (unpaired) electrons. The van der Waals surface area contributed by atoms with Crippen molar-refractivity contribution in [1.29, 1.82) is 0 Å². The average Bonchev–Trinajstić information content (AvgIpc) is 2.27. The second-order valence-corrected chi connectivity index (χ2v) is 3.66. The second kappa shape index (κ2) is 6.75. The van der Waals surface area contributed by atoms with Gasteiger partial charge in [0.2, 0.25) is 0 Å². The van der Waals surface area contributed by atoms with Crippen molar-refractivity contribution < 1.29 is 14.0 Å². The van der Waals surface area contributed by atoms with Gasteiger partial charge in [-0.25, -0.2) is 4.62 Å². The highest BCUT2D eigenvalue weighted by atomic mass is 31.2. The molecule has 0 aliphatic carbocycles. The van der Waals surface area contributed by atoms with Crippen molar-refractivity contribution in [3.63, 3.8) is 0 Å². The minimum absolute atomic E-state index is 0.610. The Balaban J connectivity index is 2.39. The Morgan fingerprint density at radius 1 is 1.20 bits per heavy atom. The van der Waals surface area contributed by atoms with Gasteiger partial charge in [-0.15, -0.1) is 0 Å². The van der Waals surface area contributed by atoms with Crippen LogP contribution in [0.2, 0.25) is 0 Å². The van der Waals surface area contributed by atoms with Crippen molar-refractivity contribution in [2.24, 2.45) is 0 Å². The molecule has 0 heterocycles. The zero-order valence-corrected chi connectivity index (χ0v) is 9.85. The monoisotopic (exact) mass is 229 g/mol. The lowest BCUT2D eigenvalue weighted by Crippen LogP contribution is -2.21. The summed E-state index contributed by atoms with van der Waals surface area (Å²) in [7, 11) is -1.88. The molecule has 1 aromatic rings. The van der Waals surface area contributed by atoms with Crippen LogP contribution in [0, 0.1) is 0 Å². The number of nitrogens with zero attached hydrogens (tertiary/aromatic N) is 1. The van der Waals surface area contributed by atoms with E-state index in [1.807, 2.05) is 32.0 Å². The summed E-state index contributed by atoms with van der Waals surface area (Å²) in [5.41, 5.74) is 0. The molecule has 84 valence electrons. The molecule has 15 heavy (non-hydrogen) atoms. The minimum Gasteiger partial charge on any atom is -0.426 e. The third-order valence-corrected chi connectivity index (χ3v) is 2.56. The Labute approximate surface area is 91.4 Å². The molecule has 1 atom stereocenters. The van der Waals surface area contributed by atoms with E-state index < -0.39 is 8.60 Å². The van der Waals surface area contributed by atoms with E-state index in [9.17, 15) is 4.89 Å². The van der Waals surface area contributed by atoms with Gasteiger partial charge in [0.05, 0.1) is 0 Å². The topological polar surface area (TPSA) is 41.9 Å². The predicted octanol–water partition coefficient (Wildman–Crippen LogP) is 2.56. The largest absolute Gasteiger partial charge is 0.426 e. The number of hydrogen-bond donors (Lipinski definition) is 1. The van der Waals surface area contributed by atoms with Crippen LogP contribution in [-0.4, -0.2) is 23.0 Å². The van der Waals surface area contributed by atoms with Crippen molar-refractivity contribution in [3.05, 3.63) is 30.3 Å². The second-order valence-electron chi connectivity index (χ2n) is 2.84. The Bertz CT molecular complexity index is 267. The highest BCUT2D eigenvalue weighted by molar-refractivity contribution is 7.40. The van der Waals surface area contributed by atoms with Crippen LogP contribution < -0.4 is 4.52 Å². The summed E-state index contributed by atoms with van der Waals surface area (Å²) in [6.07, 6.45) is 0. The van der Waals surface area contributed by atoms with Crippen LogP contribution in [0.25, 0.3) is 0 Å². The smallest absolute Gasteiger partial charge is 0.412 e. The van der Waals surface area contributed by atoms with Gasteiger partial charge in [-0.3, -0.25) is 0 Å². The molecule has 0 spiro atoms. The van der Waals surface area contributed by atoms with Gasteiger partial charge in [-0.2, -0.15) is 5.06 Å². The van der Waals surface area contributed by atoms with Crippen LogP contribution in [0.3, 0.4) is 0 Å². The quantitative estimate of drug-likeness (QED) is 0.601. The number of benzene rings is 1. The van der Waals surface area contributed by atoms with E-state index in [1.165, 1.54) is 0 Å². The van der Waals surface area contributed by atoms with Crippen LogP contribution in [-0.2, 0) is 4.62 Å². The SMILES string of the molecule is CCN(CC)OP(O)Oc1ccccc1. The highest BCUT2D eigenvalue weighted by Crippen LogP contribution is 2.35. The number of para-hydroxylation sites is 1. The Hall–Kier alpha value is -0.670. The molecule has 0 amide bonds. The Morgan fingerprint density at radius 3 is 2.33 bits per heavy atom. The van der Waals surface area contributed by atoms with Crippen LogP contribution in [0.15, 0.2) is 30.3 Å². The standard InChI is InChI=1S/C10H16NO3P/c1-3-11(4-2)14-15(12)13-10-8-6-5-7-9-10/h5-9,12H,3-4H2,1-2H3. The van der Waals surface area contributed by atoms with E-state index in [-0.39, 0.29) is 0 Å². The van der Waals surface area contributed by atoms with Crippen LogP contribution in [0.4, 0.5) is 0 Å². The molecule has 0 bridgehead atoms. The molecule has 1 N–H and O–H groups in total. The lowest BCUT2D eigenvalue weighted by molar-refractivity contribution is -0.0568. The summed E-state index contributed by atoms with van der Waals surface area (Å²) in [5, 5.41) is 1.65. The molecule has 0 fully saturated rings. The van der Waals surface area contributed by atoms with E-state index in [4.69, 9.17) is 9.15 Å². The van der Waals surface area contributed by atoms with Gasteiger partial charge in [0.25, 0.3) is 0 Å². The maximum absolute atomic E-state index is 9.51. The fraction of sp³-hybridized carbons (Fsp3) is 0.400. The normalized spacial score (nSPS) is 12.8. The van der Waals surface area contributed by atoms with Crippen molar-refractivity contribution >= 4 is 8.60 Å². The van der Waals surface area contributed by atoms with Crippen LogP contribution >= 0.6 is 8.60 Å². The molecule has 0 aliphatic heterocycles. The maximum atomic E-state index is 9.51.